The highest BCUT2D eigenvalue weighted by Gasteiger charge is 2.11. The van der Waals surface area contributed by atoms with Crippen molar-refractivity contribution >= 4 is 51.0 Å². The van der Waals surface area contributed by atoms with Crippen LogP contribution in [0.25, 0.3) is 0 Å². The summed E-state index contributed by atoms with van der Waals surface area (Å²) in [6.45, 7) is 0.0414. The number of nitro benzene ring substituents is 1. The predicted molar refractivity (Wildman–Crippen MR) is 96.5 cm³/mol. The van der Waals surface area contributed by atoms with Gasteiger partial charge in [-0.15, -0.1) is 0 Å². The molecule has 0 saturated carbocycles. The molecule has 0 spiro atoms. The number of anilines is 1. The van der Waals surface area contributed by atoms with E-state index in [-0.39, 0.29) is 23.2 Å². The molecule has 0 bridgehead atoms. The Balaban J connectivity index is 1.87. The Labute approximate surface area is 151 Å². The molecule has 2 rings (SSSR count). The zero-order chi connectivity index (χ0) is 17.5. The van der Waals surface area contributed by atoms with Crippen molar-refractivity contribution in [2.45, 2.75) is 0 Å². The van der Waals surface area contributed by atoms with E-state index in [0.29, 0.717) is 5.56 Å². The van der Waals surface area contributed by atoms with Gasteiger partial charge in [-0.25, -0.2) is 5.43 Å². The molecule has 2 N–H and O–H groups in total. The predicted octanol–water partition coefficient (Wildman–Crippen LogP) is 3.57. The molecule has 2 aromatic rings. The van der Waals surface area contributed by atoms with Crippen LogP contribution in [-0.2, 0) is 4.79 Å². The molecule has 0 aromatic heterocycles. The van der Waals surface area contributed by atoms with E-state index in [2.05, 4.69) is 31.8 Å². The Hall–Kier alpha value is -2.45. The summed E-state index contributed by atoms with van der Waals surface area (Å²) in [5.41, 5.74) is 3.36. The summed E-state index contributed by atoms with van der Waals surface area (Å²) in [6, 6.07) is 11.6. The van der Waals surface area contributed by atoms with E-state index < -0.39 is 4.92 Å². The third-order valence-corrected chi connectivity index (χ3v) is 3.72. The number of halogens is 2. The summed E-state index contributed by atoms with van der Waals surface area (Å²) in [4.78, 5) is 21.9. The molecule has 1 amide bonds. The molecule has 9 heteroatoms. The van der Waals surface area contributed by atoms with Crippen LogP contribution in [0.1, 0.15) is 5.56 Å². The number of nitrogens with zero attached hydrogens (tertiary/aromatic N) is 2. The zero-order valence-corrected chi connectivity index (χ0v) is 14.5. The van der Waals surface area contributed by atoms with E-state index in [4.69, 9.17) is 11.6 Å². The molecule has 2 aromatic carbocycles. The van der Waals surface area contributed by atoms with Gasteiger partial charge >= 0.3 is 0 Å². The molecule has 0 radical (unpaired) electrons. The Morgan fingerprint density at radius 2 is 2.00 bits per heavy atom. The average molecular weight is 412 g/mol. The standard InChI is InChI=1S/C15H12BrClN4O3/c16-11-2-4-12(5-3-11)18-9-15(22)20-19-8-10-1-6-13(17)14(7-10)21(23)24/h1-8,18H,9H2,(H,20,22)/b19-8-. The average Bonchev–Trinajstić information content (AvgIpc) is 2.55. The summed E-state index contributed by atoms with van der Waals surface area (Å²) >= 11 is 9.04. The van der Waals surface area contributed by atoms with E-state index in [1.165, 1.54) is 18.3 Å². The van der Waals surface area contributed by atoms with Gasteiger partial charge in [0.15, 0.2) is 0 Å². The summed E-state index contributed by atoms with van der Waals surface area (Å²) in [5.74, 6) is -0.349. The van der Waals surface area contributed by atoms with E-state index in [1.807, 2.05) is 24.3 Å². The quantitative estimate of drug-likeness (QED) is 0.431. The van der Waals surface area contributed by atoms with Gasteiger partial charge < -0.3 is 5.32 Å². The van der Waals surface area contributed by atoms with Gasteiger partial charge in [0.1, 0.15) is 5.02 Å². The summed E-state index contributed by atoms with van der Waals surface area (Å²) in [5, 5.41) is 17.5. The molecule has 124 valence electrons. The van der Waals surface area contributed by atoms with Crippen molar-refractivity contribution in [2.75, 3.05) is 11.9 Å². The van der Waals surface area contributed by atoms with Crippen LogP contribution < -0.4 is 10.7 Å². The normalized spacial score (nSPS) is 10.6. The lowest BCUT2D eigenvalue weighted by atomic mass is 10.2. The van der Waals surface area contributed by atoms with Crippen LogP contribution >= 0.6 is 27.5 Å². The van der Waals surface area contributed by atoms with E-state index in [0.717, 1.165) is 10.2 Å². The maximum Gasteiger partial charge on any atom is 0.288 e. The van der Waals surface area contributed by atoms with Crippen LogP contribution in [0.2, 0.25) is 5.02 Å². The number of carbonyl (C=O) groups is 1. The maximum absolute atomic E-state index is 11.7. The highest BCUT2D eigenvalue weighted by molar-refractivity contribution is 9.10. The largest absolute Gasteiger partial charge is 0.376 e. The first-order valence-corrected chi connectivity index (χ1v) is 7.88. The van der Waals surface area contributed by atoms with Gasteiger partial charge in [-0.3, -0.25) is 14.9 Å². The maximum atomic E-state index is 11.7. The van der Waals surface area contributed by atoms with Gasteiger partial charge in [0.25, 0.3) is 11.6 Å². The molecule has 0 unspecified atom stereocenters. The van der Waals surface area contributed by atoms with Gasteiger partial charge in [-0.2, -0.15) is 5.10 Å². The molecule has 24 heavy (non-hydrogen) atoms. The van der Waals surface area contributed by atoms with Crippen molar-refractivity contribution in [3.8, 4) is 0 Å². The number of amides is 1. The minimum absolute atomic E-state index is 0.0414. The minimum Gasteiger partial charge on any atom is -0.376 e. The summed E-state index contributed by atoms with van der Waals surface area (Å²) in [7, 11) is 0. The molecule has 0 aliphatic heterocycles. The fourth-order valence-corrected chi connectivity index (χ4v) is 2.17. The lowest BCUT2D eigenvalue weighted by Crippen LogP contribution is -2.25. The fraction of sp³-hybridized carbons (Fsp3) is 0.0667. The number of nitro groups is 1. The van der Waals surface area contributed by atoms with Crippen molar-refractivity contribution in [3.63, 3.8) is 0 Å². The Morgan fingerprint density at radius 1 is 1.29 bits per heavy atom. The molecule has 7 nitrogen and oxygen atoms in total. The third-order valence-electron chi connectivity index (χ3n) is 2.87. The number of rotatable bonds is 6. The molecule has 0 aliphatic carbocycles. The summed E-state index contributed by atoms with van der Waals surface area (Å²) < 4.78 is 0.944. The number of nitrogens with one attached hydrogen (secondary N) is 2. The van der Waals surface area contributed by atoms with Gasteiger partial charge in [-0.1, -0.05) is 33.6 Å². The van der Waals surface area contributed by atoms with Gasteiger partial charge in [0.2, 0.25) is 0 Å². The van der Waals surface area contributed by atoms with Crippen molar-refractivity contribution in [3.05, 3.63) is 67.6 Å². The molecular formula is C15H12BrClN4O3. The van der Waals surface area contributed by atoms with Crippen molar-refractivity contribution < 1.29 is 9.72 Å². The van der Waals surface area contributed by atoms with Crippen LogP contribution in [0, 0.1) is 10.1 Å². The lowest BCUT2D eigenvalue weighted by molar-refractivity contribution is -0.384. The molecule has 0 aliphatic rings. The highest BCUT2D eigenvalue weighted by atomic mass is 79.9. The van der Waals surface area contributed by atoms with Crippen LogP contribution in [0.5, 0.6) is 0 Å². The Morgan fingerprint density at radius 3 is 2.67 bits per heavy atom. The number of hydrogen-bond acceptors (Lipinski definition) is 5. The Bertz CT molecular complexity index is 781. The Kier molecular flexibility index (Phi) is 6.28. The van der Waals surface area contributed by atoms with Crippen LogP contribution in [-0.4, -0.2) is 23.6 Å². The zero-order valence-electron chi connectivity index (χ0n) is 12.2. The van der Waals surface area contributed by atoms with Crippen LogP contribution in [0.4, 0.5) is 11.4 Å². The van der Waals surface area contributed by atoms with Crippen molar-refractivity contribution in [1.82, 2.24) is 5.43 Å². The van der Waals surface area contributed by atoms with Gasteiger partial charge in [-0.05, 0) is 30.3 Å². The first-order chi connectivity index (χ1) is 11.5. The van der Waals surface area contributed by atoms with Crippen LogP contribution in [0.15, 0.2) is 52.0 Å². The second-order valence-electron chi connectivity index (χ2n) is 4.62. The molecule has 0 saturated heterocycles. The van der Waals surface area contributed by atoms with E-state index >= 15 is 0 Å². The number of hydrogen-bond donors (Lipinski definition) is 2. The van der Waals surface area contributed by atoms with Crippen LogP contribution in [0.3, 0.4) is 0 Å². The minimum atomic E-state index is -0.583. The molecule has 0 heterocycles. The summed E-state index contributed by atoms with van der Waals surface area (Å²) in [6.07, 6.45) is 1.31. The first-order valence-electron chi connectivity index (χ1n) is 6.71. The fourth-order valence-electron chi connectivity index (χ4n) is 1.72. The number of carbonyl (C=O) groups excluding carboxylic acids is 1. The number of benzene rings is 2. The van der Waals surface area contributed by atoms with E-state index in [9.17, 15) is 14.9 Å². The number of hydrazone groups is 1. The smallest absolute Gasteiger partial charge is 0.288 e. The third kappa shape index (κ3) is 5.32. The first kappa shape index (κ1) is 17.9. The second kappa shape index (κ2) is 8.42. The highest BCUT2D eigenvalue weighted by Crippen LogP contribution is 2.24. The van der Waals surface area contributed by atoms with E-state index in [1.54, 1.807) is 6.07 Å². The molecule has 0 fully saturated rings. The van der Waals surface area contributed by atoms with Crippen molar-refractivity contribution in [2.24, 2.45) is 5.10 Å². The van der Waals surface area contributed by atoms with Gasteiger partial charge in [0, 0.05) is 21.8 Å². The second-order valence-corrected chi connectivity index (χ2v) is 5.94. The SMILES string of the molecule is O=C(CNc1ccc(Br)cc1)N/N=C\c1ccc(Cl)c([N+](=O)[O-])c1. The molecule has 0 atom stereocenters. The van der Waals surface area contributed by atoms with Gasteiger partial charge in [0.05, 0.1) is 17.7 Å². The topological polar surface area (TPSA) is 96.6 Å². The molecular weight excluding hydrogens is 400 g/mol. The lowest BCUT2D eigenvalue weighted by Gasteiger charge is -2.05. The van der Waals surface area contributed by atoms with Crippen molar-refractivity contribution in [1.29, 1.82) is 0 Å². The monoisotopic (exact) mass is 410 g/mol.